The Balaban J connectivity index is 1.36. The molecule has 0 amide bonds. The SMILES string of the molecule is C[C@@H]1c2ccsc2CCN1Cc1ccc(OCc2ccccn2)cc1. The topological polar surface area (TPSA) is 25.4 Å². The molecular weight excluding hydrogens is 328 g/mol. The van der Waals surface area contributed by atoms with Crippen molar-refractivity contribution in [1.29, 1.82) is 0 Å². The van der Waals surface area contributed by atoms with E-state index < -0.39 is 0 Å². The van der Waals surface area contributed by atoms with Gasteiger partial charge in [0.1, 0.15) is 12.4 Å². The largest absolute Gasteiger partial charge is 0.487 e. The number of rotatable bonds is 5. The fourth-order valence-corrected chi connectivity index (χ4v) is 4.31. The number of aromatic nitrogens is 1. The number of thiophene rings is 1. The van der Waals surface area contributed by atoms with Crippen LogP contribution in [-0.2, 0) is 19.6 Å². The summed E-state index contributed by atoms with van der Waals surface area (Å²) in [5, 5.41) is 2.22. The molecule has 0 spiro atoms. The van der Waals surface area contributed by atoms with Crippen LogP contribution in [-0.4, -0.2) is 16.4 Å². The lowest BCUT2D eigenvalue weighted by Crippen LogP contribution is -2.32. The summed E-state index contributed by atoms with van der Waals surface area (Å²) in [7, 11) is 0. The summed E-state index contributed by atoms with van der Waals surface area (Å²) in [5.41, 5.74) is 3.78. The number of pyridine rings is 1. The Morgan fingerprint density at radius 2 is 2.04 bits per heavy atom. The van der Waals surface area contributed by atoms with Crippen LogP contribution in [0.4, 0.5) is 0 Å². The fourth-order valence-electron chi connectivity index (χ4n) is 3.34. The standard InChI is InChI=1S/C21H22N2OS/c1-16-20-10-13-25-21(20)9-12-23(16)14-17-5-7-19(8-6-17)24-15-18-4-2-3-11-22-18/h2-8,10-11,13,16H,9,12,14-15H2,1H3/t16-/m1/s1. The Bertz CT molecular complexity index is 813. The first-order valence-electron chi connectivity index (χ1n) is 8.71. The monoisotopic (exact) mass is 350 g/mol. The van der Waals surface area contributed by atoms with Crippen molar-refractivity contribution in [3.8, 4) is 5.75 Å². The lowest BCUT2D eigenvalue weighted by Gasteiger charge is -2.33. The summed E-state index contributed by atoms with van der Waals surface area (Å²) < 4.78 is 5.82. The number of hydrogen-bond donors (Lipinski definition) is 0. The van der Waals surface area contributed by atoms with Crippen LogP contribution in [0.1, 0.15) is 34.7 Å². The minimum atomic E-state index is 0.495. The van der Waals surface area contributed by atoms with Gasteiger partial charge in [-0.3, -0.25) is 9.88 Å². The summed E-state index contributed by atoms with van der Waals surface area (Å²) >= 11 is 1.89. The molecule has 3 aromatic rings. The summed E-state index contributed by atoms with van der Waals surface area (Å²) in [6.45, 7) is 4.93. The summed E-state index contributed by atoms with van der Waals surface area (Å²) in [4.78, 5) is 8.39. The molecule has 0 radical (unpaired) electrons. The molecule has 1 aliphatic rings. The zero-order valence-corrected chi connectivity index (χ0v) is 15.2. The highest BCUT2D eigenvalue weighted by Gasteiger charge is 2.24. The highest BCUT2D eigenvalue weighted by molar-refractivity contribution is 7.10. The van der Waals surface area contributed by atoms with Gasteiger partial charge >= 0.3 is 0 Å². The second-order valence-electron chi connectivity index (χ2n) is 6.45. The minimum absolute atomic E-state index is 0.495. The van der Waals surface area contributed by atoms with Gasteiger partial charge in [0.25, 0.3) is 0 Å². The van der Waals surface area contributed by atoms with Gasteiger partial charge in [-0.2, -0.15) is 0 Å². The van der Waals surface area contributed by atoms with E-state index in [1.165, 1.54) is 17.5 Å². The van der Waals surface area contributed by atoms with E-state index in [2.05, 4.69) is 52.5 Å². The van der Waals surface area contributed by atoms with Crippen LogP contribution in [0.3, 0.4) is 0 Å². The van der Waals surface area contributed by atoms with Gasteiger partial charge in [0.15, 0.2) is 0 Å². The molecule has 0 aliphatic carbocycles. The molecule has 128 valence electrons. The lowest BCUT2D eigenvalue weighted by atomic mass is 10.0. The van der Waals surface area contributed by atoms with E-state index in [1.54, 1.807) is 11.1 Å². The third-order valence-corrected chi connectivity index (χ3v) is 5.82. The molecule has 25 heavy (non-hydrogen) atoms. The molecule has 0 saturated heterocycles. The van der Waals surface area contributed by atoms with Gasteiger partial charge in [-0.25, -0.2) is 0 Å². The van der Waals surface area contributed by atoms with E-state index in [1.807, 2.05) is 29.5 Å². The highest BCUT2D eigenvalue weighted by Crippen LogP contribution is 2.33. The predicted octanol–water partition coefficient (Wildman–Crippen LogP) is 4.84. The van der Waals surface area contributed by atoms with Crippen LogP contribution in [0.5, 0.6) is 5.75 Å². The molecule has 0 bridgehead atoms. The van der Waals surface area contributed by atoms with E-state index in [9.17, 15) is 0 Å². The Kier molecular flexibility index (Phi) is 4.81. The maximum absolute atomic E-state index is 5.82. The maximum Gasteiger partial charge on any atom is 0.130 e. The molecule has 3 heterocycles. The first-order valence-corrected chi connectivity index (χ1v) is 9.59. The van der Waals surface area contributed by atoms with Crippen molar-refractivity contribution in [3.05, 3.63) is 81.8 Å². The van der Waals surface area contributed by atoms with Crippen molar-refractivity contribution in [2.75, 3.05) is 6.54 Å². The first-order chi connectivity index (χ1) is 12.3. The number of nitrogens with zero attached hydrogens (tertiary/aromatic N) is 2. The van der Waals surface area contributed by atoms with Gasteiger partial charge in [-0.05, 0) is 60.2 Å². The Hall–Kier alpha value is -2.17. The van der Waals surface area contributed by atoms with Crippen molar-refractivity contribution >= 4 is 11.3 Å². The van der Waals surface area contributed by atoms with Crippen molar-refractivity contribution < 1.29 is 4.74 Å². The molecule has 4 rings (SSSR count). The molecule has 0 fully saturated rings. The van der Waals surface area contributed by atoms with Gasteiger partial charge < -0.3 is 4.74 Å². The van der Waals surface area contributed by atoms with Crippen LogP contribution in [0.25, 0.3) is 0 Å². The summed E-state index contributed by atoms with van der Waals surface area (Å²) in [5.74, 6) is 0.890. The number of hydrogen-bond acceptors (Lipinski definition) is 4. The van der Waals surface area contributed by atoms with Gasteiger partial charge in [0.2, 0.25) is 0 Å². The molecule has 4 heteroatoms. The van der Waals surface area contributed by atoms with Crippen LogP contribution in [0.2, 0.25) is 0 Å². The smallest absolute Gasteiger partial charge is 0.130 e. The maximum atomic E-state index is 5.82. The molecule has 3 nitrogen and oxygen atoms in total. The third-order valence-electron chi connectivity index (χ3n) is 4.83. The second-order valence-corrected chi connectivity index (χ2v) is 7.45. The van der Waals surface area contributed by atoms with E-state index in [4.69, 9.17) is 4.74 Å². The first kappa shape index (κ1) is 16.3. The van der Waals surface area contributed by atoms with Gasteiger partial charge in [0, 0.05) is 30.2 Å². The van der Waals surface area contributed by atoms with E-state index in [0.717, 1.165) is 24.5 Å². The average Bonchev–Trinajstić information content (AvgIpc) is 3.14. The number of fused-ring (bicyclic) bond motifs is 1. The van der Waals surface area contributed by atoms with Crippen LogP contribution >= 0.6 is 11.3 Å². The Morgan fingerprint density at radius 3 is 2.84 bits per heavy atom. The summed E-state index contributed by atoms with van der Waals surface area (Å²) in [6, 6.07) is 17.1. The lowest BCUT2D eigenvalue weighted by molar-refractivity contribution is 0.191. The van der Waals surface area contributed by atoms with Crippen molar-refractivity contribution in [3.63, 3.8) is 0 Å². The van der Waals surface area contributed by atoms with Gasteiger partial charge in [0.05, 0.1) is 5.69 Å². The van der Waals surface area contributed by atoms with Crippen molar-refractivity contribution in [1.82, 2.24) is 9.88 Å². The molecule has 1 aliphatic heterocycles. The average molecular weight is 350 g/mol. The molecule has 1 atom stereocenters. The van der Waals surface area contributed by atoms with Gasteiger partial charge in [-0.15, -0.1) is 11.3 Å². The predicted molar refractivity (Wildman–Crippen MR) is 102 cm³/mol. The second kappa shape index (κ2) is 7.38. The number of ether oxygens (including phenoxy) is 1. The molecular formula is C21H22N2OS. The molecule has 2 aromatic heterocycles. The zero-order chi connectivity index (χ0) is 17.1. The van der Waals surface area contributed by atoms with Gasteiger partial charge in [-0.1, -0.05) is 18.2 Å². The minimum Gasteiger partial charge on any atom is -0.487 e. The van der Waals surface area contributed by atoms with E-state index in [0.29, 0.717) is 12.6 Å². The Morgan fingerprint density at radius 1 is 1.16 bits per heavy atom. The fraction of sp³-hybridized carbons (Fsp3) is 0.286. The Labute approximate surface area is 152 Å². The van der Waals surface area contributed by atoms with Crippen molar-refractivity contribution in [2.45, 2.75) is 32.5 Å². The van der Waals surface area contributed by atoms with Crippen LogP contribution in [0, 0.1) is 0 Å². The molecule has 0 unspecified atom stereocenters. The van der Waals surface area contributed by atoms with Crippen LogP contribution in [0.15, 0.2) is 60.1 Å². The normalized spacial score (nSPS) is 17.2. The quantitative estimate of drug-likeness (QED) is 0.658. The third kappa shape index (κ3) is 3.75. The van der Waals surface area contributed by atoms with E-state index >= 15 is 0 Å². The zero-order valence-electron chi connectivity index (χ0n) is 14.4. The van der Waals surface area contributed by atoms with E-state index in [-0.39, 0.29) is 0 Å². The van der Waals surface area contributed by atoms with Crippen molar-refractivity contribution in [2.24, 2.45) is 0 Å². The highest BCUT2D eigenvalue weighted by atomic mass is 32.1. The molecule has 0 saturated carbocycles. The van der Waals surface area contributed by atoms with Crippen LogP contribution < -0.4 is 4.74 Å². The molecule has 1 aromatic carbocycles. The molecule has 0 N–H and O–H groups in total. The number of benzene rings is 1. The summed E-state index contributed by atoms with van der Waals surface area (Å²) in [6.07, 6.45) is 2.96.